The molecule has 0 saturated carbocycles. The van der Waals surface area contributed by atoms with Gasteiger partial charge in [0.2, 0.25) is 0 Å². The summed E-state index contributed by atoms with van der Waals surface area (Å²) in [5.74, 6) is 0.634. The zero-order valence-corrected chi connectivity index (χ0v) is 10.5. The Hall–Kier alpha value is -2.28. The molecule has 0 aliphatic carbocycles. The van der Waals surface area contributed by atoms with Gasteiger partial charge in [-0.1, -0.05) is 0 Å². The number of nitrogens with one attached hydrogen (secondary N) is 1. The van der Waals surface area contributed by atoms with Gasteiger partial charge >= 0.3 is 0 Å². The first-order valence-corrected chi connectivity index (χ1v) is 6.42. The zero-order chi connectivity index (χ0) is 13.2. The number of aromatic amines is 1. The third-order valence-electron chi connectivity index (χ3n) is 3.49. The van der Waals surface area contributed by atoms with E-state index in [0.717, 1.165) is 43.0 Å². The molecule has 3 rings (SSSR count). The maximum atomic E-state index is 12.9. The van der Waals surface area contributed by atoms with E-state index in [-0.39, 0.29) is 5.82 Å². The number of benzene rings is 1. The Balaban J connectivity index is 1.99. The number of H-pyrrole nitrogens is 1. The molecular weight excluding hydrogens is 241 g/mol. The van der Waals surface area contributed by atoms with Gasteiger partial charge in [0.25, 0.3) is 0 Å². The molecule has 0 radical (unpaired) electrons. The molecular formula is C15H14FN3. The number of rotatable bonds is 2. The smallest absolute Gasteiger partial charge is 0.124 e. The summed E-state index contributed by atoms with van der Waals surface area (Å²) in [6, 6.07) is 10.4. The van der Waals surface area contributed by atoms with Crippen molar-refractivity contribution in [2.24, 2.45) is 0 Å². The lowest BCUT2D eigenvalue weighted by Crippen LogP contribution is -2.18. The lowest BCUT2D eigenvalue weighted by Gasteiger charge is -2.15. The van der Waals surface area contributed by atoms with E-state index in [0.29, 0.717) is 5.56 Å². The molecule has 2 heterocycles. The fourth-order valence-corrected chi connectivity index (χ4v) is 2.50. The lowest BCUT2D eigenvalue weighted by molar-refractivity contribution is 0.628. The van der Waals surface area contributed by atoms with Crippen molar-refractivity contribution in [2.75, 3.05) is 18.0 Å². The van der Waals surface area contributed by atoms with Crippen molar-refractivity contribution in [1.29, 1.82) is 5.26 Å². The Morgan fingerprint density at radius 1 is 1.16 bits per heavy atom. The number of aromatic nitrogens is 1. The van der Waals surface area contributed by atoms with Crippen LogP contribution >= 0.6 is 0 Å². The molecule has 2 aromatic rings. The van der Waals surface area contributed by atoms with Gasteiger partial charge in [-0.2, -0.15) is 5.26 Å². The number of hydrogen-bond donors (Lipinski definition) is 1. The molecule has 4 heteroatoms. The van der Waals surface area contributed by atoms with Crippen molar-refractivity contribution in [3.63, 3.8) is 0 Å². The third kappa shape index (κ3) is 2.19. The molecule has 0 unspecified atom stereocenters. The lowest BCUT2D eigenvalue weighted by atomic mass is 10.1. The second-order valence-electron chi connectivity index (χ2n) is 4.76. The van der Waals surface area contributed by atoms with Gasteiger partial charge < -0.3 is 9.88 Å². The van der Waals surface area contributed by atoms with Crippen molar-refractivity contribution < 1.29 is 4.39 Å². The van der Waals surface area contributed by atoms with E-state index in [4.69, 9.17) is 0 Å². The largest absolute Gasteiger partial charge is 0.357 e. The number of nitriles is 1. The minimum atomic E-state index is -0.254. The molecule has 1 fully saturated rings. The second kappa shape index (κ2) is 4.77. The molecule has 19 heavy (non-hydrogen) atoms. The van der Waals surface area contributed by atoms with Crippen LogP contribution in [0.5, 0.6) is 0 Å². The maximum Gasteiger partial charge on any atom is 0.124 e. The van der Waals surface area contributed by atoms with E-state index < -0.39 is 0 Å². The molecule has 0 amide bonds. The Morgan fingerprint density at radius 2 is 1.84 bits per heavy atom. The first kappa shape index (κ1) is 11.8. The number of halogens is 1. The monoisotopic (exact) mass is 255 g/mol. The van der Waals surface area contributed by atoms with Crippen molar-refractivity contribution in [2.45, 2.75) is 12.8 Å². The highest BCUT2D eigenvalue weighted by Gasteiger charge is 2.18. The Bertz CT molecular complexity index is 616. The van der Waals surface area contributed by atoms with Crippen LogP contribution < -0.4 is 4.90 Å². The number of nitrogens with zero attached hydrogens (tertiary/aromatic N) is 2. The minimum absolute atomic E-state index is 0.254. The fraction of sp³-hybridized carbons (Fsp3) is 0.267. The van der Waals surface area contributed by atoms with Crippen LogP contribution in [0.25, 0.3) is 11.3 Å². The average Bonchev–Trinajstić information content (AvgIpc) is 3.08. The molecule has 1 saturated heterocycles. The second-order valence-corrected chi connectivity index (χ2v) is 4.76. The van der Waals surface area contributed by atoms with Crippen molar-refractivity contribution in [1.82, 2.24) is 4.98 Å². The molecule has 96 valence electrons. The summed E-state index contributed by atoms with van der Waals surface area (Å²) in [7, 11) is 0. The van der Waals surface area contributed by atoms with Gasteiger partial charge in [0, 0.05) is 18.8 Å². The minimum Gasteiger partial charge on any atom is -0.357 e. The van der Waals surface area contributed by atoms with Crippen LogP contribution in [0.1, 0.15) is 18.4 Å². The van der Waals surface area contributed by atoms with Crippen LogP contribution in [0.4, 0.5) is 10.2 Å². The van der Waals surface area contributed by atoms with Crippen LogP contribution in [-0.4, -0.2) is 18.1 Å². The number of hydrogen-bond acceptors (Lipinski definition) is 2. The highest BCUT2D eigenvalue weighted by molar-refractivity contribution is 5.69. The van der Waals surface area contributed by atoms with Gasteiger partial charge in [-0.15, -0.1) is 0 Å². The van der Waals surface area contributed by atoms with Crippen molar-refractivity contribution >= 4 is 5.82 Å². The summed E-state index contributed by atoms with van der Waals surface area (Å²) in [4.78, 5) is 5.49. The Labute approximate surface area is 111 Å². The summed E-state index contributed by atoms with van der Waals surface area (Å²) in [5, 5.41) is 9.23. The highest BCUT2D eigenvalue weighted by Crippen LogP contribution is 2.29. The standard InChI is InChI=1S/C15H14FN3/c16-13-5-3-11(4-6-13)14-9-12(10-17)15(18-14)19-7-1-2-8-19/h3-6,9,18H,1-2,7-8H2. The summed E-state index contributed by atoms with van der Waals surface area (Å²) in [5.41, 5.74) is 2.41. The van der Waals surface area contributed by atoms with Crippen LogP contribution in [-0.2, 0) is 0 Å². The SMILES string of the molecule is N#Cc1cc(-c2ccc(F)cc2)[nH]c1N1CCCC1. The molecule has 1 aliphatic heterocycles. The van der Waals surface area contributed by atoms with E-state index in [1.54, 1.807) is 12.1 Å². The first-order valence-electron chi connectivity index (χ1n) is 6.42. The summed E-state index contributed by atoms with van der Waals surface area (Å²) in [6.07, 6.45) is 2.32. The summed E-state index contributed by atoms with van der Waals surface area (Å²) < 4.78 is 12.9. The molecule has 1 N–H and O–H groups in total. The van der Waals surface area contributed by atoms with E-state index >= 15 is 0 Å². The quantitative estimate of drug-likeness (QED) is 0.894. The van der Waals surface area contributed by atoms with E-state index in [9.17, 15) is 9.65 Å². The highest BCUT2D eigenvalue weighted by atomic mass is 19.1. The molecule has 1 aromatic carbocycles. The predicted molar refractivity (Wildman–Crippen MR) is 72.3 cm³/mol. The van der Waals surface area contributed by atoms with Crippen molar-refractivity contribution in [3.8, 4) is 17.3 Å². The van der Waals surface area contributed by atoms with Gasteiger partial charge in [0.1, 0.15) is 17.7 Å². The van der Waals surface area contributed by atoms with Crippen LogP contribution in [0, 0.1) is 17.1 Å². The topological polar surface area (TPSA) is 42.8 Å². The van der Waals surface area contributed by atoms with Crippen LogP contribution in [0.2, 0.25) is 0 Å². The van der Waals surface area contributed by atoms with E-state index in [1.165, 1.54) is 12.1 Å². The first-order chi connectivity index (χ1) is 9.28. The summed E-state index contributed by atoms with van der Waals surface area (Å²) in [6.45, 7) is 1.97. The van der Waals surface area contributed by atoms with Gasteiger partial charge in [-0.3, -0.25) is 0 Å². The van der Waals surface area contributed by atoms with Gasteiger partial charge in [-0.25, -0.2) is 4.39 Å². The van der Waals surface area contributed by atoms with Crippen LogP contribution in [0.3, 0.4) is 0 Å². The van der Waals surface area contributed by atoms with Crippen molar-refractivity contribution in [3.05, 3.63) is 41.7 Å². The predicted octanol–water partition coefficient (Wildman–Crippen LogP) is 3.29. The van der Waals surface area contributed by atoms with Crippen LogP contribution in [0.15, 0.2) is 30.3 Å². The number of anilines is 1. The molecule has 1 aliphatic rings. The normalized spacial score (nSPS) is 14.6. The molecule has 0 spiro atoms. The Morgan fingerprint density at radius 3 is 2.47 bits per heavy atom. The zero-order valence-electron chi connectivity index (χ0n) is 10.5. The molecule has 0 atom stereocenters. The maximum absolute atomic E-state index is 12.9. The fourth-order valence-electron chi connectivity index (χ4n) is 2.50. The Kier molecular flexibility index (Phi) is 2.96. The average molecular weight is 255 g/mol. The van der Waals surface area contributed by atoms with Gasteiger partial charge in [0.05, 0.1) is 5.56 Å². The van der Waals surface area contributed by atoms with E-state index in [1.807, 2.05) is 6.07 Å². The third-order valence-corrected chi connectivity index (χ3v) is 3.49. The molecule has 3 nitrogen and oxygen atoms in total. The molecule has 1 aromatic heterocycles. The summed E-state index contributed by atoms with van der Waals surface area (Å²) >= 11 is 0. The van der Waals surface area contributed by atoms with Gasteiger partial charge in [0.15, 0.2) is 0 Å². The van der Waals surface area contributed by atoms with E-state index in [2.05, 4.69) is 16.0 Å². The molecule has 0 bridgehead atoms. The van der Waals surface area contributed by atoms with Gasteiger partial charge in [-0.05, 0) is 48.7 Å².